The second kappa shape index (κ2) is 8.67. The van der Waals surface area contributed by atoms with E-state index in [1.807, 2.05) is 39.0 Å². The number of benzene rings is 1. The van der Waals surface area contributed by atoms with E-state index in [0.29, 0.717) is 17.5 Å². The summed E-state index contributed by atoms with van der Waals surface area (Å²) in [6.07, 6.45) is 5.11. The Morgan fingerprint density at radius 2 is 1.90 bits per heavy atom. The van der Waals surface area contributed by atoms with Crippen LogP contribution in [0, 0.1) is 5.41 Å². The Morgan fingerprint density at radius 3 is 2.63 bits per heavy atom. The molecule has 1 aliphatic rings. The van der Waals surface area contributed by atoms with Gasteiger partial charge in [0.1, 0.15) is 10.6 Å². The highest BCUT2D eigenvalue weighted by Gasteiger charge is 2.25. The number of rotatable bonds is 6. The van der Waals surface area contributed by atoms with Gasteiger partial charge < -0.3 is 0 Å². The fourth-order valence-corrected chi connectivity index (χ4v) is 6.25. The number of hydrogen-bond acceptors (Lipinski definition) is 5. The van der Waals surface area contributed by atoms with Crippen molar-refractivity contribution in [2.24, 2.45) is 5.41 Å². The van der Waals surface area contributed by atoms with E-state index in [1.165, 1.54) is 34.2 Å². The van der Waals surface area contributed by atoms with Crippen molar-refractivity contribution in [1.82, 2.24) is 9.55 Å². The first kappa shape index (κ1) is 21.3. The molecule has 4 rings (SSSR count). The van der Waals surface area contributed by atoms with Crippen LogP contribution >= 0.6 is 23.1 Å². The first-order valence-corrected chi connectivity index (χ1v) is 12.4. The lowest BCUT2D eigenvalue weighted by molar-refractivity contribution is -0.123. The second-order valence-electron chi connectivity index (χ2n) is 8.94. The lowest BCUT2D eigenvalue weighted by atomic mass is 9.92. The van der Waals surface area contributed by atoms with Crippen LogP contribution in [0.4, 0.5) is 0 Å². The summed E-state index contributed by atoms with van der Waals surface area (Å²) < 4.78 is 1.80. The van der Waals surface area contributed by atoms with Gasteiger partial charge >= 0.3 is 0 Å². The summed E-state index contributed by atoms with van der Waals surface area (Å²) in [4.78, 5) is 33.1. The van der Waals surface area contributed by atoms with Gasteiger partial charge in [0, 0.05) is 16.8 Å². The molecule has 6 heteroatoms. The molecule has 158 valence electrons. The predicted octanol–water partition coefficient (Wildman–Crippen LogP) is 5.29. The van der Waals surface area contributed by atoms with Gasteiger partial charge in [0.05, 0.1) is 11.1 Å². The minimum atomic E-state index is -0.395. The van der Waals surface area contributed by atoms with Crippen molar-refractivity contribution in [2.45, 2.75) is 64.6 Å². The number of ketones is 1. The number of thiophene rings is 1. The lowest BCUT2D eigenvalue weighted by Gasteiger charge is -2.17. The Balaban J connectivity index is 1.73. The molecule has 0 saturated heterocycles. The minimum Gasteiger partial charge on any atom is -0.298 e. The molecule has 1 aromatic carbocycles. The molecule has 0 radical (unpaired) electrons. The first-order chi connectivity index (χ1) is 14.3. The molecule has 1 aliphatic carbocycles. The van der Waals surface area contributed by atoms with Crippen molar-refractivity contribution in [3.8, 4) is 0 Å². The van der Waals surface area contributed by atoms with Crippen molar-refractivity contribution in [3.63, 3.8) is 0 Å². The van der Waals surface area contributed by atoms with E-state index >= 15 is 0 Å². The zero-order valence-electron chi connectivity index (χ0n) is 17.9. The molecular formula is C24H28N2O2S2. The normalized spacial score (nSPS) is 14.1. The number of carbonyl (C=O) groups is 1. The van der Waals surface area contributed by atoms with Gasteiger partial charge in [-0.2, -0.15) is 0 Å². The van der Waals surface area contributed by atoms with Gasteiger partial charge in [0.2, 0.25) is 0 Å². The van der Waals surface area contributed by atoms with Gasteiger partial charge in [-0.15, -0.1) is 11.3 Å². The summed E-state index contributed by atoms with van der Waals surface area (Å²) in [5.74, 6) is 0.500. The Bertz CT molecular complexity index is 1120. The number of aryl methyl sites for hydroxylation is 3. The van der Waals surface area contributed by atoms with Crippen LogP contribution in [0.25, 0.3) is 10.2 Å². The molecule has 0 unspecified atom stereocenters. The molecule has 2 heterocycles. The van der Waals surface area contributed by atoms with Gasteiger partial charge in [0.15, 0.2) is 5.16 Å². The molecule has 0 atom stereocenters. The van der Waals surface area contributed by atoms with E-state index < -0.39 is 5.41 Å². The van der Waals surface area contributed by atoms with Crippen LogP contribution in [0.2, 0.25) is 0 Å². The van der Waals surface area contributed by atoms with E-state index in [9.17, 15) is 9.59 Å². The molecule has 2 aromatic heterocycles. The van der Waals surface area contributed by atoms with E-state index in [4.69, 9.17) is 4.98 Å². The maximum atomic E-state index is 13.6. The molecule has 0 bridgehead atoms. The summed E-state index contributed by atoms with van der Waals surface area (Å²) in [5, 5.41) is 1.48. The number of aromatic nitrogens is 2. The van der Waals surface area contributed by atoms with E-state index in [2.05, 4.69) is 12.1 Å². The van der Waals surface area contributed by atoms with Crippen LogP contribution in [0.1, 0.15) is 49.6 Å². The van der Waals surface area contributed by atoms with Gasteiger partial charge in [-0.1, -0.05) is 62.9 Å². The van der Waals surface area contributed by atoms with Crippen LogP contribution in [-0.2, 0) is 30.6 Å². The van der Waals surface area contributed by atoms with Crippen LogP contribution < -0.4 is 5.56 Å². The average Bonchev–Trinajstić information content (AvgIpc) is 3.10. The fraction of sp³-hybridized carbons (Fsp3) is 0.458. The SMILES string of the molecule is CC(C)(C)C(=O)CSc1nc2sc3c(c2c(=O)n1CCc1ccccc1)CCCC3. The topological polar surface area (TPSA) is 52.0 Å². The second-order valence-corrected chi connectivity index (χ2v) is 11.0. The summed E-state index contributed by atoms with van der Waals surface area (Å²) in [6.45, 7) is 6.37. The maximum absolute atomic E-state index is 13.6. The Kier molecular flexibility index (Phi) is 6.16. The predicted molar refractivity (Wildman–Crippen MR) is 126 cm³/mol. The van der Waals surface area contributed by atoms with Gasteiger partial charge in [-0.25, -0.2) is 4.98 Å². The molecule has 0 fully saturated rings. The Morgan fingerprint density at radius 1 is 1.17 bits per heavy atom. The third-order valence-corrected chi connectivity index (χ3v) is 7.84. The molecule has 0 spiro atoms. The molecule has 0 saturated carbocycles. The molecular weight excluding hydrogens is 412 g/mol. The summed E-state index contributed by atoms with van der Waals surface area (Å²) >= 11 is 3.07. The van der Waals surface area contributed by atoms with Crippen LogP contribution in [0.15, 0.2) is 40.3 Å². The lowest BCUT2D eigenvalue weighted by Crippen LogP contribution is -2.26. The van der Waals surface area contributed by atoms with Crippen LogP contribution in [0.5, 0.6) is 0 Å². The van der Waals surface area contributed by atoms with Crippen LogP contribution in [0.3, 0.4) is 0 Å². The van der Waals surface area contributed by atoms with Gasteiger partial charge in [0.25, 0.3) is 5.56 Å². The van der Waals surface area contributed by atoms with E-state index in [0.717, 1.165) is 35.9 Å². The number of fused-ring (bicyclic) bond motifs is 3. The molecule has 30 heavy (non-hydrogen) atoms. The fourth-order valence-electron chi connectivity index (χ4n) is 3.76. The molecule has 3 aromatic rings. The molecule has 0 aliphatic heterocycles. The highest BCUT2D eigenvalue weighted by molar-refractivity contribution is 7.99. The zero-order valence-corrected chi connectivity index (χ0v) is 19.5. The maximum Gasteiger partial charge on any atom is 0.263 e. The van der Waals surface area contributed by atoms with Crippen molar-refractivity contribution < 1.29 is 4.79 Å². The number of Topliss-reactive ketones (excluding diaryl/α,β-unsaturated/α-hetero) is 1. The summed E-state index contributed by atoms with van der Waals surface area (Å²) in [5.41, 5.74) is 2.07. The van der Waals surface area contributed by atoms with Crippen molar-refractivity contribution in [1.29, 1.82) is 0 Å². The van der Waals surface area contributed by atoms with Crippen molar-refractivity contribution in [3.05, 3.63) is 56.7 Å². The smallest absolute Gasteiger partial charge is 0.263 e. The standard InChI is InChI=1S/C24H28N2O2S2/c1-24(2,3)19(27)15-29-23-25-21-20(17-11-7-8-12-18(17)30-21)22(28)26(23)14-13-16-9-5-4-6-10-16/h4-6,9-10H,7-8,11-15H2,1-3H3. The highest BCUT2D eigenvalue weighted by atomic mass is 32.2. The number of thioether (sulfide) groups is 1. The first-order valence-electron chi connectivity index (χ1n) is 10.6. The summed E-state index contributed by atoms with van der Waals surface area (Å²) in [6, 6.07) is 10.2. The van der Waals surface area contributed by atoms with Gasteiger partial charge in [-0.05, 0) is 43.2 Å². The van der Waals surface area contributed by atoms with Crippen LogP contribution in [-0.4, -0.2) is 21.1 Å². The minimum absolute atomic E-state index is 0.0565. The highest BCUT2D eigenvalue weighted by Crippen LogP contribution is 2.35. The van der Waals surface area contributed by atoms with Crippen molar-refractivity contribution >= 4 is 39.1 Å². The molecule has 0 amide bonds. The number of hydrogen-bond donors (Lipinski definition) is 0. The Labute approximate surface area is 185 Å². The Hall–Kier alpha value is -1.92. The van der Waals surface area contributed by atoms with Gasteiger partial charge in [-0.3, -0.25) is 14.2 Å². The zero-order chi connectivity index (χ0) is 21.3. The quantitative estimate of drug-likeness (QED) is 0.386. The largest absolute Gasteiger partial charge is 0.298 e. The van der Waals surface area contributed by atoms with E-state index in [1.54, 1.807) is 15.9 Å². The van der Waals surface area contributed by atoms with E-state index in [-0.39, 0.29) is 11.3 Å². The monoisotopic (exact) mass is 440 g/mol. The molecule has 0 N–H and O–H groups in total. The summed E-state index contributed by atoms with van der Waals surface area (Å²) in [7, 11) is 0. The number of nitrogens with zero attached hydrogens (tertiary/aromatic N) is 2. The molecule has 4 nitrogen and oxygen atoms in total. The average molecular weight is 441 g/mol. The number of carbonyl (C=O) groups excluding carboxylic acids is 1. The third-order valence-electron chi connectivity index (χ3n) is 5.68. The third kappa shape index (κ3) is 4.40. The van der Waals surface area contributed by atoms with Crippen molar-refractivity contribution in [2.75, 3.05) is 5.75 Å².